The second-order valence-corrected chi connectivity index (χ2v) is 5.53. The molecule has 2 heteroatoms. The van der Waals surface area contributed by atoms with Crippen molar-refractivity contribution in [3.05, 3.63) is 34.9 Å². The van der Waals surface area contributed by atoms with E-state index in [9.17, 15) is 0 Å². The summed E-state index contributed by atoms with van der Waals surface area (Å²) in [4.78, 5) is 0. The van der Waals surface area contributed by atoms with Crippen LogP contribution < -0.4 is 5.73 Å². The highest BCUT2D eigenvalue weighted by atomic mass is 16.5. The summed E-state index contributed by atoms with van der Waals surface area (Å²) < 4.78 is 5.63. The largest absolute Gasteiger partial charge is 0.381 e. The molecule has 0 spiro atoms. The third-order valence-corrected chi connectivity index (χ3v) is 3.70. The van der Waals surface area contributed by atoms with Gasteiger partial charge in [-0.15, -0.1) is 0 Å². The molecule has 1 aromatic rings. The van der Waals surface area contributed by atoms with E-state index in [0.717, 1.165) is 32.6 Å². The van der Waals surface area contributed by atoms with Crippen molar-refractivity contribution < 1.29 is 4.74 Å². The lowest BCUT2D eigenvalue weighted by molar-refractivity contribution is -0.00264. The first-order valence-electron chi connectivity index (χ1n) is 6.49. The van der Waals surface area contributed by atoms with Gasteiger partial charge in [0, 0.05) is 18.6 Å². The minimum absolute atomic E-state index is 0.165. The Morgan fingerprint density at radius 1 is 1.24 bits per heavy atom. The monoisotopic (exact) mass is 233 g/mol. The Bertz CT molecular complexity index is 360. The van der Waals surface area contributed by atoms with E-state index in [1.807, 2.05) is 0 Å². The zero-order chi connectivity index (χ0) is 12.3. The van der Waals surface area contributed by atoms with Gasteiger partial charge in [-0.1, -0.05) is 29.3 Å². The number of hydrogen-bond acceptors (Lipinski definition) is 2. The van der Waals surface area contributed by atoms with Gasteiger partial charge in [0.25, 0.3) is 0 Å². The van der Waals surface area contributed by atoms with Crippen LogP contribution in [0.2, 0.25) is 0 Å². The van der Waals surface area contributed by atoms with Crippen molar-refractivity contribution in [3.63, 3.8) is 0 Å². The number of hydrogen-bond donors (Lipinski definition) is 1. The molecule has 1 heterocycles. The third kappa shape index (κ3) is 3.08. The molecule has 2 nitrogen and oxygen atoms in total. The van der Waals surface area contributed by atoms with E-state index in [-0.39, 0.29) is 5.41 Å². The zero-order valence-electron chi connectivity index (χ0n) is 11.0. The Hall–Kier alpha value is -0.860. The van der Waals surface area contributed by atoms with Crippen LogP contribution in [0.1, 0.15) is 29.5 Å². The lowest BCUT2D eigenvalue weighted by Gasteiger charge is -2.36. The smallest absolute Gasteiger partial charge is 0.0537 e. The molecule has 94 valence electrons. The molecule has 1 unspecified atom stereocenters. The first-order valence-corrected chi connectivity index (χ1v) is 6.49. The maximum atomic E-state index is 5.98. The summed E-state index contributed by atoms with van der Waals surface area (Å²) in [6.07, 6.45) is 3.38. The van der Waals surface area contributed by atoms with Crippen molar-refractivity contribution in [2.45, 2.75) is 33.1 Å². The van der Waals surface area contributed by atoms with Gasteiger partial charge in [0.05, 0.1) is 6.61 Å². The van der Waals surface area contributed by atoms with E-state index in [0.29, 0.717) is 0 Å². The van der Waals surface area contributed by atoms with Gasteiger partial charge in [-0.3, -0.25) is 0 Å². The van der Waals surface area contributed by atoms with E-state index < -0.39 is 0 Å². The number of nitrogens with two attached hydrogens (primary N) is 1. The predicted octanol–water partition coefficient (Wildman–Crippen LogP) is 2.60. The molecule has 2 rings (SSSR count). The minimum Gasteiger partial charge on any atom is -0.381 e. The SMILES string of the molecule is Cc1cc(C)cc(CC2(CN)CCCOC2)c1. The Kier molecular flexibility index (Phi) is 3.85. The molecule has 1 aromatic carbocycles. The summed E-state index contributed by atoms with van der Waals surface area (Å²) in [6.45, 7) is 6.75. The quantitative estimate of drug-likeness (QED) is 0.871. The average Bonchev–Trinajstić information content (AvgIpc) is 2.29. The molecule has 1 saturated heterocycles. The van der Waals surface area contributed by atoms with Crippen molar-refractivity contribution in [2.75, 3.05) is 19.8 Å². The normalized spacial score (nSPS) is 24.9. The molecule has 0 saturated carbocycles. The van der Waals surface area contributed by atoms with Crippen molar-refractivity contribution in [3.8, 4) is 0 Å². The first kappa shape index (κ1) is 12.6. The van der Waals surface area contributed by atoms with E-state index in [1.165, 1.54) is 23.1 Å². The molecule has 1 fully saturated rings. The maximum absolute atomic E-state index is 5.98. The van der Waals surface area contributed by atoms with E-state index in [1.54, 1.807) is 0 Å². The summed E-state index contributed by atoms with van der Waals surface area (Å²) in [5.41, 5.74) is 10.2. The van der Waals surface area contributed by atoms with Crippen LogP contribution >= 0.6 is 0 Å². The van der Waals surface area contributed by atoms with Gasteiger partial charge < -0.3 is 10.5 Å². The van der Waals surface area contributed by atoms with Crippen LogP contribution in [0.5, 0.6) is 0 Å². The van der Waals surface area contributed by atoms with Gasteiger partial charge in [-0.05, 0) is 38.7 Å². The molecule has 0 amide bonds. The number of benzene rings is 1. The lowest BCUT2D eigenvalue weighted by atomic mass is 9.77. The molecule has 0 aromatic heterocycles. The number of rotatable bonds is 3. The predicted molar refractivity (Wildman–Crippen MR) is 71.2 cm³/mol. The molecule has 1 aliphatic rings. The summed E-state index contributed by atoms with van der Waals surface area (Å²) in [5.74, 6) is 0. The molecular formula is C15H23NO. The van der Waals surface area contributed by atoms with Gasteiger partial charge in [-0.2, -0.15) is 0 Å². The molecule has 0 aliphatic carbocycles. The summed E-state index contributed by atoms with van der Waals surface area (Å²) >= 11 is 0. The van der Waals surface area contributed by atoms with Crippen LogP contribution in [-0.2, 0) is 11.2 Å². The molecule has 1 atom stereocenters. The van der Waals surface area contributed by atoms with Gasteiger partial charge in [0.2, 0.25) is 0 Å². The van der Waals surface area contributed by atoms with Crippen LogP contribution in [0.15, 0.2) is 18.2 Å². The summed E-state index contributed by atoms with van der Waals surface area (Å²) in [5, 5.41) is 0. The fourth-order valence-corrected chi connectivity index (χ4v) is 2.89. The van der Waals surface area contributed by atoms with Gasteiger partial charge in [-0.25, -0.2) is 0 Å². The summed E-state index contributed by atoms with van der Waals surface area (Å²) in [6, 6.07) is 6.77. The summed E-state index contributed by atoms with van der Waals surface area (Å²) in [7, 11) is 0. The van der Waals surface area contributed by atoms with Crippen molar-refractivity contribution >= 4 is 0 Å². The standard InChI is InChI=1S/C15H23NO/c1-12-6-13(2)8-14(7-12)9-15(10-16)4-3-5-17-11-15/h6-8H,3-5,9-11,16H2,1-2H3. The van der Waals surface area contributed by atoms with Crippen LogP contribution in [-0.4, -0.2) is 19.8 Å². The zero-order valence-corrected chi connectivity index (χ0v) is 11.0. The van der Waals surface area contributed by atoms with E-state index >= 15 is 0 Å². The van der Waals surface area contributed by atoms with Crippen molar-refractivity contribution in [1.82, 2.24) is 0 Å². The lowest BCUT2D eigenvalue weighted by Crippen LogP contribution is -2.40. The molecule has 17 heavy (non-hydrogen) atoms. The highest BCUT2D eigenvalue weighted by molar-refractivity contribution is 5.29. The topological polar surface area (TPSA) is 35.2 Å². The van der Waals surface area contributed by atoms with E-state index in [4.69, 9.17) is 10.5 Å². The highest BCUT2D eigenvalue weighted by Crippen LogP contribution is 2.32. The number of aryl methyl sites for hydroxylation is 2. The van der Waals surface area contributed by atoms with Crippen LogP contribution in [0, 0.1) is 19.3 Å². The molecule has 2 N–H and O–H groups in total. The van der Waals surface area contributed by atoms with Gasteiger partial charge in [0.1, 0.15) is 0 Å². The van der Waals surface area contributed by atoms with Gasteiger partial charge in [0.15, 0.2) is 0 Å². The molecule has 0 radical (unpaired) electrons. The second-order valence-electron chi connectivity index (χ2n) is 5.53. The molecular weight excluding hydrogens is 210 g/mol. The van der Waals surface area contributed by atoms with Gasteiger partial charge >= 0.3 is 0 Å². The van der Waals surface area contributed by atoms with Crippen LogP contribution in [0.4, 0.5) is 0 Å². The Balaban J connectivity index is 2.17. The fraction of sp³-hybridized carbons (Fsp3) is 0.600. The second kappa shape index (κ2) is 5.19. The van der Waals surface area contributed by atoms with E-state index in [2.05, 4.69) is 32.0 Å². The molecule has 0 bridgehead atoms. The first-order chi connectivity index (χ1) is 8.13. The average molecular weight is 233 g/mol. The van der Waals surface area contributed by atoms with Crippen LogP contribution in [0.3, 0.4) is 0 Å². The third-order valence-electron chi connectivity index (χ3n) is 3.70. The van der Waals surface area contributed by atoms with Crippen LogP contribution in [0.25, 0.3) is 0 Å². The Labute approximate surface area is 104 Å². The Morgan fingerprint density at radius 2 is 1.94 bits per heavy atom. The van der Waals surface area contributed by atoms with Crippen molar-refractivity contribution in [2.24, 2.45) is 11.1 Å². The maximum Gasteiger partial charge on any atom is 0.0537 e. The Morgan fingerprint density at radius 3 is 2.47 bits per heavy atom. The number of ether oxygens (including phenoxy) is 1. The highest BCUT2D eigenvalue weighted by Gasteiger charge is 2.31. The molecule has 1 aliphatic heterocycles. The van der Waals surface area contributed by atoms with Crippen molar-refractivity contribution in [1.29, 1.82) is 0 Å². The minimum atomic E-state index is 0.165. The fourth-order valence-electron chi connectivity index (χ4n) is 2.89.